The Morgan fingerprint density at radius 3 is 2.59 bits per heavy atom. The minimum atomic E-state index is 0.0420. The Kier molecular flexibility index (Phi) is 3.55. The smallest absolute Gasteiger partial charge is 0.137 e. The van der Waals surface area contributed by atoms with E-state index in [1.165, 1.54) is 0 Å². The molecular formula is C14H13ClO2. The Hall–Kier alpha value is -1.67. The van der Waals surface area contributed by atoms with Crippen LogP contribution in [-0.4, -0.2) is 5.11 Å². The van der Waals surface area contributed by atoms with Gasteiger partial charge in [-0.15, -0.1) is 0 Å². The molecule has 2 aromatic carbocycles. The molecule has 0 unspecified atom stereocenters. The topological polar surface area (TPSA) is 29.5 Å². The van der Waals surface area contributed by atoms with Crippen molar-refractivity contribution in [2.45, 2.75) is 13.5 Å². The van der Waals surface area contributed by atoms with Crippen LogP contribution in [0.5, 0.6) is 11.5 Å². The van der Waals surface area contributed by atoms with Crippen LogP contribution in [0.2, 0.25) is 5.02 Å². The first-order valence-electron chi connectivity index (χ1n) is 5.32. The van der Waals surface area contributed by atoms with Gasteiger partial charge in [-0.25, -0.2) is 0 Å². The highest BCUT2D eigenvalue weighted by molar-refractivity contribution is 6.32. The third-order valence-corrected chi connectivity index (χ3v) is 2.78. The lowest BCUT2D eigenvalue weighted by Crippen LogP contribution is -1.96. The Morgan fingerprint density at radius 2 is 1.88 bits per heavy atom. The third-order valence-electron chi connectivity index (χ3n) is 2.48. The summed E-state index contributed by atoms with van der Waals surface area (Å²) < 4.78 is 5.64. The fraction of sp³-hybridized carbons (Fsp3) is 0.143. The number of phenols is 1. The number of rotatable bonds is 3. The summed E-state index contributed by atoms with van der Waals surface area (Å²) in [5, 5.41) is 9.85. The molecule has 0 fully saturated rings. The quantitative estimate of drug-likeness (QED) is 0.892. The Balaban J connectivity index is 2.12. The number of aromatic hydroxyl groups is 1. The molecular weight excluding hydrogens is 236 g/mol. The average Bonchev–Trinajstić information content (AvgIpc) is 2.33. The summed E-state index contributed by atoms with van der Waals surface area (Å²) in [5.41, 5.74) is 1.99. The molecule has 0 amide bonds. The number of aryl methyl sites for hydroxylation is 1. The second kappa shape index (κ2) is 5.11. The van der Waals surface area contributed by atoms with Gasteiger partial charge in [0.05, 0.1) is 5.02 Å². The van der Waals surface area contributed by atoms with E-state index in [1.807, 2.05) is 37.3 Å². The highest BCUT2D eigenvalue weighted by Crippen LogP contribution is 2.31. The van der Waals surface area contributed by atoms with E-state index < -0.39 is 0 Å². The van der Waals surface area contributed by atoms with Crippen molar-refractivity contribution >= 4 is 11.6 Å². The zero-order valence-electron chi connectivity index (χ0n) is 9.48. The molecule has 2 aromatic rings. The molecule has 0 aliphatic rings. The molecule has 0 atom stereocenters. The average molecular weight is 249 g/mol. The van der Waals surface area contributed by atoms with Crippen LogP contribution in [0.15, 0.2) is 42.5 Å². The Morgan fingerprint density at radius 1 is 1.18 bits per heavy atom. The lowest BCUT2D eigenvalue weighted by atomic mass is 10.2. The van der Waals surface area contributed by atoms with Crippen LogP contribution in [0.4, 0.5) is 0 Å². The first kappa shape index (κ1) is 11.8. The van der Waals surface area contributed by atoms with Crippen LogP contribution in [0.1, 0.15) is 11.1 Å². The van der Waals surface area contributed by atoms with Crippen LogP contribution in [-0.2, 0) is 6.61 Å². The van der Waals surface area contributed by atoms with Crippen LogP contribution < -0.4 is 4.74 Å². The maximum Gasteiger partial charge on any atom is 0.137 e. The molecule has 0 saturated heterocycles. The molecule has 0 heterocycles. The van der Waals surface area contributed by atoms with Crippen LogP contribution in [0, 0.1) is 6.92 Å². The van der Waals surface area contributed by atoms with E-state index in [4.69, 9.17) is 16.3 Å². The molecule has 17 heavy (non-hydrogen) atoms. The van der Waals surface area contributed by atoms with Crippen molar-refractivity contribution in [3.8, 4) is 11.5 Å². The standard InChI is InChI=1S/C14H13ClO2/c1-10-7-12(15)13(16)8-14(10)17-9-11-5-3-2-4-6-11/h2-8,16H,9H2,1H3. The maximum atomic E-state index is 9.51. The summed E-state index contributed by atoms with van der Waals surface area (Å²) in [7, 11) is 0. The molecule has 0 saturated carbocycles. The second-order valence-electron chi connectivity index (χ2n) is 3.84. The lowest BCUT2D eigenvalue weighted by Gasteiger charge is -2.10. The van der Waals surface area contributed by atoms with Gasteiger partial charge in [0.1, 0.15) is 18.1 Å². The molecule has 0 radical (unpaired) electrons. The molecule has 2 nitrogen and oxygen atoms in total. The highest BCUT2D eigenvalue weighted by Gasteiger charge is 2.06. The monoisotopic (exact) mass is 248 g/mol. The molecule has 3 heteroatoms. The molecule has 0 bridgehead atoms. The number of benzene rings is 2. The largest absolute Gasteiger partial charge is 0.506 e. The number of ether oxygens (including phenoxy) is 1. The number of hydrogen-bond acceptors (Lipinski definition) is 2. The van der Waals surface area contributed by atoms with E-state index in [9.17, 15) is 5.11 Å². The van der Waals surface area contributed by atoms with Gasteiger partial charge in [0, 0.05) is 6.07 Å². The summed E-state index contributed by atoms with van der Waals surface area (Å²) in [6.07, 6.45) is 0. The summed E-state index contributed by atoms with van der Waals surface area (Å²) in [5.74, 6) is 0.691. The Bertz CT molecular complexity index is 509. The van der Waals surface area contributed by atoms with E-state index in [0.717, 1.165) is 11.1 Å². The summed E-state index contributed by atoms with van der Waals surface area (Å²) in [4.78, 5) is 0. The zero-order valence-corrected chi connectivity index (χ0v) is 10.2. The molecule has 0 aromatic heterocycles. The van der Waals surface area contributed by atoms with Crippen molar-refractivity contribution in [1.29, 1.82) is 0 Å². The van der Waals surface area contributed by atoms with Crippen molar-refractivity contribution in [3.63, 3.8) is 0 Å². The van der Waals surface area contributed by atoms with Crippen molar-refractivity contribution in [2.24, 2.45) is 0 Å². The minimum Gasteiger partial charge on any atom is -0.506 e. The van der Waals surface area contributed by atoms with Crippen LogP contribution in [0.25, 0.3) is 0 Å². The predicted octanol–water partition coefficient (Wildman–Crippen LogP) is 3.93. The highest BCUT2D eigenvalue weighted by atomic mass is 35.5. The summed E-state index contributed by atoms with van der Waals surface area (Å²) in [6.45, 7) is 2.37. The molecule has 1 N–H and O–H groups in total. The fourth-order valence-corrected chi connectivity index (χ4v) is 1.75. The minimum absolute atomic E-state index is 0.0420. The molecule has 2 rings (SSSR count). The van der Waals surface area contributed by atoms with Crippen LogP contribution in [0.3, 0.4) is 0 Å². The molecule has 0 aliphatic heterocycles. The lowest BCUT2D eigenvalue weighted by molar-refractivity contribution is 0.302. The van der Waals surface area contributed by atoms with E-state index in [0.29, 0.717) is 17.4 Å². The van der Waals surface area contributed by atoms with Gasteiger partial charge in [-0.05, 0) is 24.1 Å². The predicted molar refractivity (Wildman–Crippen MR) is 68.6 cm³/mol. The number of phenolic OH excluding ortho intramolecular Hbond substituents is 1. The van der Waals surface area contributed by atoms with Gasteiger partial charge in [0.15, 0.2) is 0 Å². The van der Waals surface area contributed by atoms with Crippen molar-refractivity contribution < 1.29 is 9.84 Å². The van der Waals surface area contributed by atoms with E-state index in [2.05, 4.69) is 0 Å². The van der Waals surface area contributed by atoms with E-state index in [-0.39, 0.29) is 5.75 Å². The van der Waals surface area contributed by atoms with Crippen molar-refractivity contribution in [2.75, 3.05) is 0 Å². The summed E-state index contributed by atoms with van der Waals surface area (Å²) >= 11 is 5.80. The van der Waals surface area contributed by atoms with E-state index >= 15 is 0 Å². The van der Waals surface area contributed by atoms with Gasteiger partial charge in [-0.1, -0.05) is 41.9 Å². The summed E-state index contributed by atoms with van der Waals surface area (Å²) in [6, 6.07) is 13.1. The van der Waals surface area contributed by atoms with Gasteiger partial charge >= 0.3 is 0 Å². The second-order valence-corrected chi connectivity index (χ2v) is 4.25. The van der Waals surface area contributed by atoms with Crippen molar-refractivity contribution in [1.82, 2.24) is 0 Å². The van der Waals surface area contributed by atoms with Gasteiger partial charge in [-0.3, -0.25) is 0 Å². The van der Waals surface area contributed by atoms with Gasteiger partial charge < -0.3 is 9.84 Å². The van der Waals surface area contributed by atoms with Crippen LogP contribution >= 0.6 is 11.6 Å². The normalized spacial score (nSPS) is 10.2. The SMILES string of the molecule is Cc1cc(Cl)c(O)cc1OCc1ccccc1. The molecule has 88 valence electrons. The van der Waals surface area contributed by atoms with Gasteiger partial charge in [0.25, 0.3) is 0 Å². The fourth-order valence-electron chi connectivity index (χ4n) is 1.53. The zero-order chi connectivity index (χ0) is 12.3. The first-order chi connectivity index (χ1) is 8.16. The third kappa shape index (κ3) is 2.92. The van der Waals surface area contributed by atoms with E-state index in [1.54, 1.807) is 12.1 Å². The maximum absolute atomic E-state index is 9.51. The number of hydrogen-bond donors (Lipinski definition) is 1. The van der Waals surface area contributed by atoms with Gasteiger partial charge in [0.2, 0.25) is 0 Å². The molecule has 0 aliphatic carbocycles. The molecule has 0 spiro atoms. The Labute approximate surface area is 105 Å². The van der Waals surface area contributed by atoms with Crippen molar-refractivity contribution in [3.05, 3.63) is 58.6 Å². The first-order valence-corrected chi connectivity index (χ1v) is 5.70. The van der Waals surface area contributed by atoms with Gasteiger partial charge in [-0.2, -0.15) is 0 Å². The number of halogens is 1.